The predicted molar refractivity (Wildman–Crippen MR) is 63.5 cm³/mol. The summed E-state index contributed by atoms with van der Waals surface area (Å²) >= 11 is 0. The summed E-state index contributed by atoms with van der Waals surface area (Å²) in [7, 11) is 0. The molecule has 1 atom stereocenters. The molecule has 94 valence electrons. The molecular formula is C11H18N4O2. The minimum atomic E-state index is -0.422. The van der Waals surface area contributed by atoms with Crippen molar-refractivity contribution in [2.45, 2.75) is 32.3 Å². The first kappa shape index (κ1) is 11.9. The highest BCUT2D eigenvalue weighted by Gasteiger charge is 2.28. The molecule has 6 heteroatoms. The maximum absolute atomic E-state index is 12.1. The molecule has 0 spiro atoms. The number of rotatable bonds is 3. The van der Waals surface area contributed by atoms with Gasteiger partial charge < -0.3 is 15.7 Å². The van der Waals surface area contributed by atoms with Crippen molar-refractivity contribution >= 4 is 11.6 Å². The van der Waals surface area contributed by atoms with Crippen LogP contribution in [0.3, 0.4) is 0 Å². The van der Waals surface area contributed by atoms with Crippen LogP contribution in [0.4, 0.5) is 5.69 Å². The molecule has 1 saturated heterocycles. The van der Waals surface area contributed by atoms with Crippen molar-refractivity contribution in [2.75, 3.05) is 18.8 Å². The quantitative estimate of drug-likeness (QED) is 0.698. The third kappa shape index (κ3) is 2.26. The molecule has 6 nitrogen and oxygen atoms in total. The van der Waals surface area contributed by atoms with Gasteiger partial charge in [0.25, 0.3) is 5.91 Å². The molecule has 1 aliphatic rings. The predicted octanol–water partition coefficient (Wildman–Crippen LogP) is 0.151. The minimum absolute atomic E-state index is 0.197. The van der Waals surface area contributed by atoms with Gasteiger partial charge >= 0.3 is 0 Å². The zero-order valence-electron chi connectivity index (χ0n) is 9.94. The molecule has 0 bridgehead atoms. The number of β-amino-alcohol motifs (C(OH)–C–C–N with tert-alkyl or cyclic N) is 1. The lowest BCUT2D eigenvalue weighted by molar-refractivity contribution is 0.0760. The normalized spacial score (nSPS) is 19.9. The van der Waals surface area contributed by atoms with Crippen LogP contribution >= 0.6 is 0 Å². The number of aromatic nitrogens is 2. The number of carbonyl (C=O) groups excluding carboxylic acids is 1. The van der Waals surface area contributed by atoms with Gasteiger partial charge in [-0.3, -0.25) is 9.89 Å². The van der Waals surface area contributed by atoms with Crippen LogP contribution in [-0.4, -0.2) is 45.3 Å². The van der Waals surface area contributed by atoms with E-state index in [9.17, 15) is 9.90 Å². The summed E-state index contributed by atoms with van der Waals surface area (Å²) in [4.78, 5) is 13.7. The molecule has 1 aliphatic heterocycles. The zero-order valence-corrected chi connectivity index (χ0v) is 9.94. The molecule has 0 aliphatic carbocycles. The highest BCUT2D eigenvalue weighted by molar-refractivity contribution is 5.97. The molecule has 2 heterocycles. The van der Waals surface area contributed by atoms with Crippen molar-refractivity contribution in [2.24, 2.45) is 0 Å². The molecule has 17 heavy (non-hydrogen) atoms. The molecule has 4 N–H and O–H groups in total. The Labute approximate surface area is 99.8 Å². The van der Waals surface area contributed by atoms with Crippen LogP contribution in [0.5, 0.6) is 0 Å². The Balaban J connectivity index is 2.14. The van der Waals surface area contributed by atoms with Gasteiger partial charge in [0, 0.05) is 13.1 Å². The Morgan fingerprint density at radius 3 is 3.06 bits per heavy atom. The second kappa shape index (κ2) is 4.75. The number of likely N-dealkylation sites (tertiary alicyclic amines) is 1. The second-order valence-corrected chi connectivity index (χ2v) is 4.41. The van der Waals surface area contributed by atoms with Crippen molar-refractivity contribution in [3.8, 4) is 0 Å². The van der Waals surface area contributed by atoms with E-state index < -0.39 is 6.10 Å². The fourth-order valence-electron chi connectivity index (χ4n) is 2.07. The first-order valence-corrected chi connectivity index (χ1v) is 5.93. The molecular weight excluding hydrogens is 220 g/mol. The number of H-pyrrole nitrogens is 1. The summed E-state index contributed by atoms with van der Waals surface area (Å²) in [6.07, 6.45) is 1.93. The number of nitrogens with zero attached hydrogens (tertiary/aromatic N) is 2. The summed E-state index contributed by atoms with van der Waals surface area (Å²) in [5.41, 5.74) is 7.43. The average Bonchev–Trinajstić information content (AvgIpc) is 2.87. The highest BCUT2D eigenvalue weighted by atomic mass is 16.3. The smallest absolute Gasteiger partial charge is 0.276 e. The van der Waals surface area contributed by atoms with Crippen molar-refractivity contribution in [3.05, 3.63) is 11.4 Å². The third-order valence-corrected chi connectivity index (χ3v) is 3.04. The lowest BCUT2D eigenvalue weighted by atomic mass is 10.2. The lowest BCUT2D eigenvalue weighted by Crippen LogP contribution is -2.30. The van der Waals surface area contributed by atoms with Crippen LogP contribution < -0.4 is 5.73 Å². The molecule has 0 aromatic carbocycles. The van der Waals surface area contributed by atoms with Gasteiger partial charge in [0.05, 0.1) is 17.5 Å². The van der Waals surface area contributed by atoms with Gasteiger partial charge in [0.15, 0.2) is 5.69 Å². The Kier molecular flexibility index (Phi) is 3.33. The van der Waals surface area contributed by atoms with E-state index in [-0.39, 0.29) is 11.6 Å². The van der Waals surface area contributed by atoms with Crippen molar-refractivity contribution in [1.82, 2.24) is 15.1 Å². The fraction of sp³-hybridized carbons (Fsp3) is 0.636. The Morgan fingerprint density at radius 2 is 2.47 bits per heavy atom. The van der Waals surface area contributed by atoms with Crippen LogP contribution in [0, 0.1) is 0 Å². The summed E-state index contributed by atoms with van der Waals surface area (Å²) < 4.78 is 0. The maximum atomic E-state index is 12.1. The summed E-state index contributed by atoms with van der Waals surface area (Å²) in [6.45, 7) is 2.97. The Hall–Kier alpha value is -1.56. The Morgan fingerprint density at radius 1 is 1.71 bits per heavy atom. The third-order valence-electron chi connectivity index (χ3n) is 3.04. The number of aliphatic hydroxyl groups excluding tert-OH is 1. The van der Waals surface area contributed by atoms with Gasteiger partial charge in [0.1, 0.15) is 0 Å². The van der Waals surface area contributed by atoms with Gasteiger partial charge in [-0.15, -0.1) is 0 Å². The van der Waals surface area contributed by atoms with Crippen molar-refractivity contribution < 1.29 is 9.90 Å². The topological polar surface area (TPSA) is 95.2 Å². The van der Waals surface area contributed by atoms with Crippen molar-refractivity contribution in [1.29, 1.82) is 0 Å². The number of hydrogen-bond donors (Lipinski definition) is 3. The molecule has 0 unspecified atom stereocenters. The number of anilines is 1. The standard InChI is InChI=1S/C11H18N4O2/c1-2-3-8-9(12)10(14-13-8)11(17)15-5-4-7(16)6-15/h7,16H,2-6,12H2,1H3,(H,13,14)/t7-/m1/s1. The molecule has 1 aromatic heterocycles. The number of aryl methyl sites for hydroxylation is 1. The van der Waals surface area contributed by atoms with Crippen LogP contribution in [0.2, 0.25) is 0 Å². The van der Waals surface area contributed by atoms with E-state index in [4.69, 9.17) is 5.73 Å². The first-order chi connectivity index (χ1) is 8.13. The number of aromatic amines is 1. The van der Waals surface area contributed by atoms with Crippen molar-refractivity contribution in [3.63, 3.8) is 0 Å². The van der Waals surface area contributed by atoms with Gasteiger partial charge in [-0.2, -0.15) is 5.10 Å². The fourth-order valence-corrected chi connectivity index (χ4v) is 2.07. The van der Waals surface area contributed by atoms with E-state index in [1.54, 1.807) is 4.90 Å². The number of nitrogen functional groups attached to an aromatic ring is 1. The zero-order chi connectivity index (χ0) is 12.4. The number of amides is 1. The number of hydrogen-bond acceptors (Lipinski definition) is 4. The van der Waals surface area contributed by atoms with E-state index in [1.807, 2.05) is 6.92 Å². The largest absolute Gasteiger partial charge is 0.395 e. The van der Waals surface area contributed by atoms with Crippen LogP contribution in [0.15, 0.2) is 0 Å². The van der Waals surface area contributed by atoms with E-state index in [2.05, 4.69) is 10.2 Å². The van der Waals surface area contributed by atoms with Crippen LogP contribution in [0.25, 0.3) is 0 Å². The van der Waals surface area contributed by atoms with Gasteiger partial charge in [0.2, 0.25) is 0 Å². The number of nitrogens with one attached hydrogen (secondary N) is 1. The summed E-state index contributed by atoms with van der Waals surface area (Å²) in [6, 6.07) is 0. The Bertz CT molecular complexity index is 416. The van der Waals surface area contributed by atoms with E-state index in [0.29, 0.717) is 25.2 Å². The minimum Gasteiger partial charge on any atom is -0.395 e. The van der Waals surface area contributed by atoms with Gasteiger partial charge in [-0.05, 0) is 12.8 Å². The summed E-state index contributed by atoms with van der Waals surface area (Å²) in [5.74, 6) is -0.197. The van der Waals surface area contributed by atoms with Crippen LogP contribution in [-0.2, 0) is 6.42 Å². The molecule has 2 rings (SSSR count). The summed E-state index contributed by atoms with van der Waals surface area (Å²) in [5, 5.41) is 16.2. The molecule has 0 radical (unpaired) electrons. The van der Waals surface area contributed by atoms with Crippen LogP contribution in [0.1, 0.15) is 35.9 Å². The second-order valence-electron chi connectivity index (χ2n) is 4.41. The van der Waals surface area contributed by atoms with E-state index in [1.165, 1.54) is 0 Å². The lowest BCUT2D eigenvalue weighted by Gasteiger charge is -2.13. The number of carbonyl (C=O) groups is 1. The molecule has 0 saturated carbocycles. The van der Waals surface area contributed by atoms with Gasteiger partial charge in [-0.1, -0.05) is 13.3 Å². The molecule has 1 fully saturated rings. The average molecular weight is 238 g/mol. The molecule has 1 aromatic rings. The monoisotopic (exact) mass is 238 g/mol. The SMILES string of the molecule is CCCc1[nH]nc(C(=O)N2CC[C@@H](O)C2)c1N. The highest BCUT2D eigenvalue weighted by Crippen LogP contribution is 2.19. The number of aliphatic hydroxyl groups is 1. The van der Waals surface area contributed by atoms with E-state index >= 15 is 0 Å². The molecule has 1 amide bonds. The van der Waals surface area contributed by atoms with E-state index in [0.717, 1.165) is 18.5 Å². The van der Waals surface area contributed by atoms with Gasteiger partial charge in [-0.25, -0.2) is 0 Å². The first-order valence-electron chi connectivity index (χ1n) is 5.93. The number of nitrogens with two attached hydrogens (primary N) is 1. The maximum Gasteiger partial charge on any atom is 0.276 e.